The fraction of sp³-hybridized carbons (Fsp3) is 0.259. The standard InChI is InChI=1S/C27H26FN5O2/c1-19-15-25(35-23-10-8-22(28)9-11-23)31-26(30-19)24-7-2-3-13-33(24)27(34)21-6-4-5-20(16-21)17-32-14-12-29-18-32/h4-6,8-12,14-16,18,24H,2-3,7,13,17H2,1H3. The summed E-state index contributed by atoms with van der Waals surface area (Å²) in [6, 6.07) is 15.0. The largest absolute Gasteiger partial charge is 0.439 e. The molecule has 0 radical (unpaired) electrons. The third kappa shape index (κ3) is 5.37. The molecule has 1 aliphatic heterocycles. The zero-order chi connectivity index (χ0) is 24.2. The van der Waals surface area contributed by atoms with E-state index in [-0.39, 0.29) is 17.8 Å². The lowest BCUT2D eigenvalue weighted by Gasteiger charge is -2.35. The molecule has 2 aromatic heterocycles. The third-order valence-corrected chi connectivity index (χ3v) is 6.04. The van der Waals surface area contributed by atoms with Crippen LogP contribution in [-0.2, 0) is 6.54 Å². The minimum Gasteiger partial charge on any atom is -0.439 e. The number of ether oxygens (including phenoxy) is 1. The number of rotatable bonds is 6. The number of likely N-dealkylation sites (tertiary alicyclic amines) is 1. The van der Waals surface area contributed by atoms with Gasteiger partial charge >= 0.3 is 0 Å². The van der Waals surface area contributed by atoms with E-state index < -0.39 is 0 Å². The minimum atomic E-state index is -0.331. The Kier molecular flexibility index (Phi) is 6.52. The molecule has 1 fully saturated rings. The number of imidazole rings is 1. The van der Waals surface area contributed by atoms with E-state index in [9.17, 15) is 9.18 Å². The summed E-state index contributed by atoms with van der Waals surface area (Å²) in [5.74, 6) is 1.06. The van der Waals surface area contributed by atoms with Crippen LogP contribution < -0.4 is 4.74 Å². The van der Waals surface area contributed by atoms with Gasteiger partial charge in [0.05, 0.1) is 12.4 Å². The van der Waals surface area contributed by atoms with Gasteiger partial charge in [-0.1, -0.05) is 12.1 Å². The van der Waals surface area contributed by atoms with Crippen LogP contribution >= 0.6 is 0 Å². The zero-order valence-corrected chi connectivity index (χ0v) is 19.5. The second kappa shape index (κ2) is 10.0. The molecule has 8 heteroatoms. The summed E-state index contributed by atoms with van der Waals surface area (Å²) in [5, 5.41) is 0. The second-order valence-corrected chi connectivity index (χ2v) is 8.71. The first kappa shape index (κ1) is 22.7. The second-order valence-electron chi connectivity index (χ2n) is 8.71. The fourth-order valence-corrected chi connectivity index (χ4v) is 4.39. The van der Waals surface area contributed by atoms with Gasteiger partial charge in [-0.3, -0.25) is 4.79 Å². The lowest BCUT2D eigenvalue weighted by Crippen LogP contribution is -2.39. The van der Waals surface area contributed by atoms with Gasteiger partial charge in [0.1, 0.15) is 11.6 Å². The molecule has 7 nitrogen and oxygen atoms in total. The molecule has 1 atom stereocenters. The molecule has 4 aromatic rings. The molecule has 5 rings (SSSR count). The van der Waals surface area contributed by atoms with Crippen molar-refractivity contribution in [2.75, 3.05) is 6.54 Å². The average Bonchev–Trinajstić information content (AvgIpc) is 3.38. The molecule has 35 heavy (non-hydrogen) atoms. The quantitative estimate of drug-likeness (QED) is 0.380. The number of carbonyl (C=O) groups excluding carboxylic acids is 1. The SMILES string of the molecule is Cc1cc(Oc2ccc(F)cc2)nc(C2CCCCN2C(=O)c2cccc(Cn3ccnc3)c2)n1. The van der Waals surface area contributed by atoms with Gasteiger partial charge in [-0.25, -0.2) is 14.4 Å². The predicted octanol–water partition coefficient (Wildman–Crippen LogP) is 5.33. The first-order valence-electron chi connectivity index (χ1n) is 11.7. The molecule has 0 spiro atoms. The molecule has 3 heterocycles. The molecular formula is C27H26FN5O2. The number of aryl methyl sites for hydroxylation is 1. The van der Waals surface area contributed by atoms with Crippen LogP contribution in [0.15, 0.2) is 73.3 Å². The van der Waals surface area contributed by atoms with Crippen molar-refractivity contribution in [2.24, 2.45) is 0 Å². The van der Waals surface area contributed by atoms with Crippen LogP contribution in [0.3, 0.4) is 0 Å². The summed E-state index contributed by atoms with van der Waals surface area (Å²) in [4.78, 5) is 28.9. The van der Waals surface area contributed by atoms with Gasteiger partial charge in [0.25, 0.3) is 5.91 Å². The van der Waals surface area contributed by atoms with Gasteiger partial charge in [0, 0.05) is 42.8 Å². The number of nitrogens with zero attached hydrogens (tertiary/aromatic N) is 5. The van der Waals surface area contributed by atoms with Crippen molar-refractivity contribution in [2.45, 2.75) is 38.8 Å². The Morgan fingerprint density at radius 1 is 1.11 bits per heavy atom. The molecule has 2 aromatic carbocycles. The molecule has 1 saturated heterocycles. The Morgan fingerprint density at radius 2 is 1.97 bits per heavy atom. The van der Waals surface area contributed by atoms with Crippen molar-refractivity contribution in [1.82, 2.24) is 24.4 Å². The van der Waals surface area contributed by atoms with Gasteiger partial charge in [0.2, 0.25) is 5.88 Å². The van der Waals surface area contributed by atoms with Gasteiger partial charge in [-0.2, -0.15) is 4.98 Å². The summed E-state index contributed by atoms with van der Waals surface area (Å²) in [6.45, 7) is 3.16. The van der Waals surface area contributed by atoms with Crippen LogP contribution in [0, 0.1) is 12.7 Å². The van der Waals surface area contributed by atoms with Crippen LogP contribution in [0.4, 0.5) is 4.39 Å². The average molecular weight is 472 g/mol. The Balaban J connectivity index is 1.39. The summed E-state index contributed by atoms with van der Waals surface area (Å²) < 4.78 is 21.1. The van der Waals surface area contributed by atoms with Crippen LogP contribution in [-0.4, -0.2) is 36.9 Å². The van der Waals surface area contributed by atoms with Gasteiger partial charge in [0.15, 0.2) is 5.82 Å². The summed E-state index contributed by atoms with van der Waals surface area (Å²) in [6.07, 6.45) is 8.09. The van der Waals surface area contributed by atoms with Crippen molar-refractivity contribution in [1.29, 1.82) is 0 Å². The normalized spacial score (nSPS) is 15.7. The lowest BCUT2D eigenvalue weighted by atomic mass is 9.99. The summed E-state index contributed by atoms with van der Waals surface area (Å²) in [7, 11) is 0. The Hall–Kier alpha value is -4.07. The summed E-state index contributed by atoms with van der Waals surface area (Å²) >= 11 is 0. The maximum atomic E-state index is 13.6. The third-order valence-electron chi connectivity index (χ3n) is 6.04. The first-order chi connectivity index (χ1) is 17.0. The smallest absolute Gasteiger partial charge is 0.254 e. The molecule has 1 amide bonds. The topological polar surface area (TPSA) is 73.1 Å². The Bertz CT molecular complexity index is 1310. The lowest BCUT2D eigenvalue weighted by molar-refractivity contribution is 0.0598. The molecule has 0 saturated carbocycles. The highest BCUT2D eigenvalue weighted by Gasteiger charge is 2.31. The minimum absolute atomic E-state index is 0.0340. The Morgan fingerprint density at radius 3 is 2.77 bits per heavy atom. The Labute approximate surface area is 203 Å². The van der Waals surface area contributed by atoms with Crippen molar-refractivity contribution < 1.29 is 13.9 Å². The monoisotopic (exact) mass is 471 g/mol. The van der Waals surface area contributed by atoms with Gasteiger partial charge < -0.3 is 14.2 Å². The predicted molar refractivity (Wildman–Crippen MR) is 129 cm³/mol. The molecule has 0 aliphatic carbocycles. The first-order valence-corrected chi connectivity index (χ1v) is 11.7. The van der Waals surface area contributed by atoms with Crippen molar-refractivity contribution >= 4 is 5.91 Å². The van der Waals surface area contributed by atoms with E-state index in [2.05, 4.69) is 15.0 Å². The van der Waals surface area contributed by atoms with Crippen LogP contribution in [0.2, 0.25) is 0 Å². The molecule has 0 bridgehead atoms. The van der Waals surface area contributed by atoms with E-state index >= 15 is 0 Å². The van der Waals surface area contributed by atoms with Crippen LogP contribution in [0.1, 0.15) is 52.7 Å². The van der Waals surface area contributed by atoms with Crippen molar-refractivity contribution in [3.63, 3.8) is 0 Å². The highest BCUT2D eigenvalue weighted by molar-refractivity contribution is 5.94. The highest BCUT2D eigenvalue weighted by Crippen LogP contribution is 2.32. The van der Waals surface area contributed by atoms with E-state index in [0.29, 0.717) is 36.1 Å². The number of hydrogen-bond acceptors (Lipinski definition) is 5. The molecule has 0 N–H and O–H groups in total. The van der Waals surface area contributed by atoms with Gasteiger partial charge in [-0.15, -0.1) is 0 Å². The van der Waals surface area contributed by atoms with E-state index in [1.54, 1.807) is 30.7 Å². The van der Waals surface area contributed by atoms with E-state index in [1.165, 1.54) is 12.1 Å². The molecule has 178 valence electrons. The van der Waals surface area contributed by atoms with Crippen LogP contribution in [0.25, 0.3) is 0 Å². The molecule has 1 unspecified atom stereocenters. The van der Waals surface area contributed by atoms with E-state index in [0.717, 1.165) is 30.5 Å². The number of hydrogen-bond donors (Lipinski definition) is 0. The number of aromatic nitrogens is 4. The highest BCUT2D eigenvalue weighted by atomic mass is 19.1. The van der Waals surface area contributed by atoms with Crippen molar-refractivity contribution in [3.8, 4) is 11.6 Å². The molecular weight excluding hydrogens is 445 g/mol. The number of carbonyl (C=O) groups is 1. The van der Waals surface area contributed by atoms with Crippen LogP contribution in [0.5, 0.6) is 11.6 Å². The van der Waals surface area contributed by atoms with E-state index in [1.807, 2.05) is 46.9 Å². The fourth-order valence-electron chi connectivity index (χ4n) is 4.39. The summed E-state index contributed by atoms with van der Waals surface area (Å²) in [5.41, 5.74) is 2.42. The zero-order valence-electron chi connectivity index (χ0n) is 19.5. The maximum Gasteiger partial charge on any atom is 0.254 e. The van der Waals surface area contributed by atoms with Gasteiger partial charge in [-0.05, 0) is 68.1 Å². The number of amides is 1. The number of halogens is 1. The maximum absolute atomic E-state index is 13.6. The number of piperidine rings is 1. The molecule has 1 aliphatic rings. The van der Waals surface area contributed by atoms with Crippen molar-refractivity contribution in [3.05, 3.63) is 102 Å². The van der Waals surface area contributed by atoms with E-state index in [4.69, 9.17) is 4.74 Å². The number of benzene rings is 2.